The van der Waals surface area contributed by atoms with Crippen molar-refractivity contribution in [3.8, 4) is 0 Å². The first-order valence-electron chi connectivity index (χ1n) is 8.56. The molecule has 8 heteroatoms. The van der Waals surface area contributed by atoms with E-state index in [0.29, 0.717) is 11.7 Å². The normalized spacial score (nSPS) is 21.0. The third kappa shape index (κ3) is 4.70. The van der Waals surface area contributed by atoms with Gasteiger partial charge in [-0.05, 0) is 44.7 Å². The minimum absolute atomic E-state index is 0. The number of likely N-dealkylation sites (tertiary alicyclic amines) is 1. The summed E-state index contributed by atoms with van der Waals surface area (Å²) < 4.78 is 1.85. The van der Waals surface area contributed by atoms with E-state index in [4.69, 9.17) is 0 Å². The van der Waals surface area contributed by atoms with E-state index in [1.165, 1.54) is 6.42 Å². The fourth-order valence-electron chi connectivity index (χ4n) is 3.22. The summed E-state index contributed by atoms with van der Waals surface area (Å²) in [6.45, 7) is 3.59. The molecule has 0 aliphatic carbocycles. The molecule has 2 N–H and O–H groups in total. The van der Waals surface area contributed by atoms with Crippen molar-refractivity contribution in [1.82, 2.24) is 25.3 Å². The molecule has 2 fully saturated rings. The molecule has 134 valence electrons. The minimum Gasteiger partial charge on any atom is -0.342 e. The van der Waals surface area contributed by atoms with E-state index in [9.17, 15) is 9.59 Å². The number of hydrogen-bond donors (Lipinski definition) is 2. The fraction of sp³-hybridized carbons (Fsp3) is 0.688. The lowest BCUT2D eigenvalue weighted by atomic mass is 10.1. The Hall–Kier alpha value is -1.60. The smallest absolute Gasteiger partial charge is 0.272 e. The third-order valence-corrected chi connectivity index (χ3v) is 4.59. The van der Waals surface area contributed by atoms with E-state index < -0.39 is 0 Å². The Kier molecular flexibility index (Phi) is 7.05. The molecular weight excluding hydrogens is 330 g/mol. The molecule has 24 heavy (non-hydrogen) atoms. The standard InChI is InChI=1S/C16H25N5O2.ClH/c22-15(20-8-2-1-3-9-20)12-18-16(23)14-6-10-21(19-14)13-5-4-7-17-11-13;/h6,10,13,17H,1-5,7-9,11-12H2,(H,18,23);1H. The summed E-state index contributed by atoms with van der Waals surface area (Å²) in [6.07, 6.45) is 7.33. The Labute approximate surface area is 148 Å². The van der Waals surface area contributed by atoms with Crippen LogP contribution in [0.1, 0.15) is 48.6 Å². The quantitative estimate of drug-likeness (QED) is 0.843. The highest BCUT2D eigenvalue weighted by molar-refractivity contribution is 5.94. The average Bonchev–Trinajstić information content (AvgIpc) is 3.11. The maximum Gasteiger partial charge on any atom is 0.272 e. The van der Waals surface area contributed by atoms with Gasteiger partial charge in [0.05, 0.1) is 12.6 Å². The predicted molar refractivity (Wildman–Crippen MR) is 93.4 cm³/mol. The zero-order valence-electron chi connectivity index (χ0n) is 13.9. The lowest BCUT2D eigenvalue weighted by molar-refractivity contribution is -0.130. The molecule has 2 amide bonds. The van der Waals surface area contributed by atoms with Crippen LogP contribution < -0.4 is 10.6 Å². The summed E-state index contributed by atoms with van der Waals surface area (Å²) in [6, 6.07) is 2.02. The summed E-state index contributed by atoms with van der Waals surface area (Å²) in [5.41, 5.74) is 0.377. The molecule has 7 nitrogen and oxygen atoms in total. The van der Waals surface area contributed by atoms with Gasteiger partial charge in [-0.1, -0.05) is 0 Å². The van der Waals surface area contributed by atoms with Crippen molar-refractivity contribution in [3.05, 3.63) is 18.0 Å². The molecule has 0 bridgehead atoms. The maximum absolute atomic E-state index is 12.2. The highest BCUT2D eigenvalue weighted by Crippen LogP contribution is 2.15. The van der Waals surface area contributed by atoms with Crippen molar-refractivity contribution >= 4 is 24.2 Å². The molecule has 0 spiro atoms. The fourth-order valence-corrected chi connectivity index (χ4v) is 3.22. The van der Waals surface area contributed by atoms with Gasteiger partial charge in [-0.2, -0.15) is 5.10 Å². The molecule has 2 saturated heterocycles. The topological polar surface area (TPSA) is 79.3 Å². The molecule has 3 heterocycles. The second-order valence-electron chi connectivity index (χ2n) is 6.31. The van der Waals surface area contributed by atoms with Crippen molar-refractivity contribution in [2.75, 3.05) is 32.7 Å². The Morgan fingerprint density at radius 1 is 1.25 bits per heavy atom. The number of piperidine rings is 2. The molecule has 1 aromatic heterocycles. The van der Waals surface area contributed by atoms with Gasteiger partial charge in [0.2, 0.25) is 5.91 Å². The molecule has 2 aliphatic heterocycles. The van der Waals surface area contributed by atoms with Crippen LogP contribution in [0.5, 0.6) is 0 Å². The van der Waals surface area contributed by atoms with Gasteiger partial charge in [-0.15, -0.1) is 12.4 Å². The van der Waals surface area contributed by atoms with E-state index in [0.717, 1.165) is 51.9 Å². The van der Waals surface area contributed by atoms with Gasteiger partial charge in [-0.25, -0.2) is 0 Å². The van der Waals surface area contributed by atoms with Crippen LogP contribution in [-0.2, 0) is 4.79 Å². The second kappa shape index (κ2) is 9.03. The molecule has 2 aliphatic rings. The number of nitrogens with zero attached hydrogens (tertiary/aromatic N) is 3. The number of carbonyl (C=O) groups excluding carboxylic acids is 2. The minimum atomic E-state index is -0.280. The Morgan fingerprint density at radius 2 is 2.04 bits per heavy atom. The number of hydrogen-bond acceptors (Lipinski definition) is 4. The first-order chi connectivity index (χ1) is 11.2. The maximum atomic E-state index is 12.2. The van der Waals surface area contributed by atoms with Crippen molar-refractivity contribution < 1.29 is 9.59 Å². The summed E-state index contributed by atoms with van der Waals surface area (Å²) in [5.74, 6) is -0.285. The molecular formula is C16H26ClN5O2. The highest BCUT2D eigenvalue weighted by atomic mass is 35.5. The van der Waals surface area contributed by atoms with Gasteiger partial charge in [0, 0.05) is 25.8 Å². The van der Waals surface area contributed by atoms with Crippen LogP contribution in [0.4, 0.5) is 0 Å². The van der Waals surface area contributed by atoms with Gasteiger partial charge in [-0.3, -0.25) is 14.3 Å². The number of amides is 2. The van der Waals surface area contributed by atoms with E-state index >= 15 is 0 Å². The third-order valence-electron chi connectivity index (χ3n) is 4.59. The van der Waals surface area contributed by atoms with E-state index in [-0.39, 0.29) is 30.8 Å². The zero-order valence-corrected chi connectivity index (χ0v) is 14.7. The Balaban J connectivity index is 0.00000208. The van der Waals surface area contributed by atoms with E-state index in [1.54, 1.807) is 6.07 Å². The van der Waals surface area contributed by atoms with Crippen LogP contribution in [0.2, 0.25) is 0 Å². The van der Waals surface area contributed by atoms with Crippen LogP contribution in [0.3, 0.4) is 0 Å². The first-order valence-corrected chi connectivity index (χ1v) is 8.56. The monoisotopic (exact) mass is 355 g/mol. The SMILES string of the molecule is Cl.O=C(NCC(=O)N1CCCCC1)c1ccn(C2CCCNC2)n1. The van der Waals surface area contributed by atoms with Crippen molar-refractivity contribution in [2.24, 2.45) is 0 Å². The summed E-state index contributed by atoms with van der Waals surface area (Å²) >= 11 is 0. The Morgan fingerprint density at radius 3 is 2.75 bits per heavy atom. The predicted octanol–water partition coefficient (Wildman–Crippen LogP) is 0.972. The summed E-state index contributed by atoms with van der Waals surface area (Å²) in [7, 11) is 0. The van der Waals surface area contributed by atoms with Crippen LogP contribution in [0.15, 0.2) is 12.3 Å². The summed E-state index contributed by atoms with van der Waals surface area (Å²) in [5, 5.41) is 10.4. The molecule has 1 unspecified atom stereocenters. The van der Waals surface area contributed by atoms with Crippen molar-refractivity contribution in [2.45, 2.75) is 38.1 Å². The van der Waals surface area contributed by atoms with Crippen LogP contribution in [0, 0.1) is 0 Å². The average molecular weight is 356 g/mol. The van der Waals surface area contributed by atoms with Gasteiger partial charge < -0.3 is 15.5 Å². The molecule has 1 atom stereocenters. The van der Waals surface area contributed by atoms with Gasteiger partial charge >= 0.3 is 0 Å². The lowest BCUT2D eigenvalue weighted by Gasteiger charge is -2.26. The molecule has 1 aromatic rings. The first kappa shape index (κ1) is 18.7. The molecule has 0 saturated carbocycles. The zero-order chi connectivity index (χ0) is 16.1. The summed E-state index contributed by atoms with van der Waals surface area (Å²) in [4.78, 5) is 26.0. The van der Waals surface area contributed by atoms with Crippen molar-refractivity contribution in [3.63, 3.8) is 0 Å². The number of carbonyl (C=O) groups is 2. The molecule has 0 radical (unpaired) electrons. The largest absolute Gasteiger partial charge is 0.342 e. The number of halogens is 1. The second-order valence-corrected chi connectivity index (χ2v) is 6.31. The molecule has 0 aromatic carbocycles. The highest BCUT2D eigenvalue weighted by Gasteiger charge is 2.20. The lowest BCUT2D eigenvalue weighted by Crippen LogP contribution is -2.42. The number of nitrogens with one attached hydrogen (secondary N) is 2. The molecule has 3 rings (SSSR count). The van der Waals surface area contributed by atoms with E-state index in [2.05, 4.69) is 15.7 Å². The van der Waals surface area contributed by atoms with E-state index in [1.807, 2.05) is 15.8 Å². The van der Waals surface area contributed by atoms with Gasteiger partial charge in [0.25, 0.3) is 5.91 Å². The number of rotatable bonds is 4. The van der Waals surface area contributed by atoms with Gasteiger partial charge in [0.15, 0.2) is 0 Å². The van der Waals surface area contributed by atoms with Crippen LogP contribution >= 0.6 is 12.4 Å². The van der Waals surface area contributed by atoms with Crippen molar-refractivity contribution in [1.29, 1.82) is 0 Å². The Bertz CT molecular complexity index is 550. The van der Waals surface area contributed by atoms with Crippen LogP contribution in [0.25, 0.3) is 0 Å². The van der Waals surface area contributed by atoms with Gasteiger partial charge in [0.1, 0.15) is 5.69 Å². The number of aromatic nitrogens is 2. The van der Waals surface area contributed by atoms with Crippen LogP contribution in [-0.4, -0.2) is 59.2 Å².